The molecule has 0 radical (unpaired) electrons. The number of rotatable bonds is 7. The first kappa shape index (κ1) is 16.1. The van der Waals surface area contributed by atoms with Gasteiger partial charge < -0.3 is 19.3 Å². The topological polar surface area (TPSA) is 27.3 Å². The van der Waals surface area contributed by atoms with Gasteiger partial charge in [0, 0.05) is 0 Å². The second-order valence-corrected chi connectivity index (χ2v) is 6.09. The van der Waals surface area contributed by atoms with Crippen molar-refractivity contribution in [3.63, 3.8) is 0 Å². The second-order valence-electron chi connectivity index (χ2n) is 6.09. The Morgan fingerprint density at radius 1 is 1.10 bits per heavy atom. The summed E-state index contributed by atoms with van der Waals surface area (Å²) >= 11 is 0. The predicted octanol–water partition coefficient (Wildman–Crippen LogP) is -0.344. The van der Waals surface area contributed by atoms with Crippen molar-refractivity contribution in [1.29, 1.82) is 0 Å². The number of piperazine rings is 1. The Labute approximate surface area is 128 Å². The van der Waals surface area contributed by atoms with Gasteiger partial charge in [-0.3, -0.25) is 0 Å². The van der Waals surface area contributed by atoms with Crippen LogP contribution in [0.1, 0.15) is 20.3 Å². The molecule has 1 fully saturated rings. The highest BCUT2D eigenvalue weighted by atomic mass is 16.5. The summed E-state index contributed by atoms with van der Waals surface area (Å²) in [6, 6.07) is 8.00. The molecule has 118 valence electrons. The van der Waals surface area contributed by atoms with Gasteiger partial charge in [-0.2, -0.15) is 0 Å². The fraction of sp³-hybridized carbons (Fsp3) is 0.647. The Balaban J connectivity index is 1.80. The monoisotopic (exact) mass is 294 g/mol. The minimum Gasteiger partial charge on any atom is -0.487 e. The van der Waals surface area contributed by atoms with E-state index >= 15 is 0 Å². The first-order valence-corrected chi connectivity index (χ1v) is 8.22. The van der Waals surface area contributed by atoms with Gasteiger partial charge in [-0.15, -0.1) is 0 Å². The third-order valence-electron chi connectivity index (χ3n) is 4.28. The standard InChI is InChI=1S/C17H28N2O2/c1-4-15(2)21-17-8-6-5-7-16(17)20-14-13-19-11-9-18(3)10-12-19/h5-8,15H,4,9-14H2,1-3H3/p+2/t15-/m0/s1. The molecule has 4 heteroatoms. The molecule has 2 N–H and O–H groups in total. The van der Waals surface area contributed by atoms with Crippen LogP contribution in [0, 0.1) is 0 Å². The number of hydrogen-bond donors (Lipinski definition) is 2. The first-order valence-electron chi connectivity index (χ1n) is 8.22. The molecule has 1 aliphatic rings. The van der Waals surface area contributed by atoms with Crippen LogP contribution >= 0.6 is 0 Å². The molecule has 1 saturated heterocycles. The van der Waals surface area contributed by atoms with Gasteiger partial charge in [0.15, 0.2) is 11.5 Å². The smallest absolute Gasteiger partial charge is 0.161 e. The van der Waals surface area contributed by atoms with Crippen LogP contribution in [0.25, 0.3) is 0 Å². The molecule has 0 amide bonds. The third kappa shape index (κ3) is 5.21. The van der Waals surface area contributed by atoms with Gasteiger partial charge in [-0.1, -0.05) is 19.1 Å². The van der Waals surface area contributed by atoms with Crippen LogP contribution in [0.4, 0.5) is 0 Å². The van der Waals surface area contributed by atoms with Gasteiger partial charge >= 0.3 is 0 Å². The summed E-state index contributed by atoms with van der Waals surface area (Å²) in [5.41, 5.74) is 0. The molecule has 0 saturated carbocycles. The zero-order valence-electron chi connectivity index (χ0n) is 13.7. The number of benzene rings is 1. The summed E-state index contributed by atoms with van der Waals surface area (Å²) < 4.78 is 11.9. The average molecular weight is 294 g/mol. The average Bonchev–Trinajstić information content (AvgIpc) is 2.51. The molecular weight excluding hydrogens is 264 g/mol. The fourth-order valence-corrected chi connectivity index (χ4v) is 2.55. The zero-order valence-corrected chi connectivity index (χ0v) is 13.7. The number of hydrogen-bond acceptors (Lipinski definition) is 2. The molecule has 0 unspecified atom stereocenters. The molecule has 2 rings (SSSR count). The Kier molecular flexibility index (Phi) is 6.33. The molecule has 0 spiro atoms. The Hall–Kier alpha value is -1.26. The molecule has 1 aromatic carbocycles. The summed E-state index contributed by atoms with van der Waals surface area (Å²) in [5.74, 6) is 1.74. The maximum Gasteiger partial charge on any atom is 0.161 e. The quantitative estimate of drug-likeness (QED) is 0.720. The first-order chi connectivity index (χ1) is 10.2. The Morgan fingerprint density at radius 3 is 2.43 bits per heavy atom. The number of ether oxygens (including phenoxy) is 2. The van der Waals surface area contributed by atoms with Crippen molar-refractivity contribution < 1.29 is 19.3 Å². The van der Waals surface area contributed by atoms with Crippen molar-refractivity contribution in [1.82, 2.24) is 0 Å². The van der Waals surface area contributed by atoms with Gasteiger partial charge in [-0.25, -0.2) is 0 Å². The van der Waals surface area contributed by atoms with Gasteiger partial charge in [0.05, 0.1) is 13.2 Å². The van der Waals surface area contributed by atoms with Crippen LogP contribution in [0.3, 0.4) is 0 Å². The van der Waals surface area contributed by atoms with E-state index in [-0.39, 0.29) is 6.10 Å². The highest BCUT2D eigenvalue weighted by Gasteiger charge is 2.19. The summed E-state index contributed by atoms with van der Waals surface area (Å²) in [4.78, 5) is 3.30. The normalized spacial score (nSPS) is 23.6. The molecule has 1 aliphatic heterocycles. The molecule has 21 heavy (non-hydrogen) atoms. The lowest BCUT2D eigenvalue weighted by atomic mass is 10.3. The van der Waals surface area contributed by atoms with Gasteiger partial charge in [0.1, 0.15) is 39.3 Å². The molecular formula is C17H30N2O2+2. The maximum atomic E-state index is 5.96. The SMILES string of the molecule is CC[C@H](C)Oc1ccccc1OCC[NH+]1CC[NH+](C)CC1. The van der Waals surface area contributed by atoms with E-state index in [1.807, 2.05) is 24.3 Å². The van der Waals surface area contributed by atoms with Crippen LogP contribution in [0.15, 0.2) is 24.3 Å². The lowest BCUT2D eigenvalue weighted by Crippen LogP contribution is -3.27. The van der Waals surface area contributed by atoms with E-state index in [1.165, 1.54) is 26.2 Å². The minimum absolute atomic E-state index is 0.223. The third-order valence-corrected chi connectivity index (χ3v) is 4.28. The Bertz CT molecular complexity index is 417. The Morgan fingerprint density at radius 2 is 1.76 bits per heavy atom. The van der Waals surface area contributed by atoms with E-state index in [9.17, 15) is 0 Å². The lowest BCUT2D eigenvalue weighted by molar-refractivity contribution is -1.00. The van der Waals surface area contributed by atoms with Crippen LogP contribution < -0.4 is 19.3 Å². The molecule has 4 nitrogen and oxygen atoms in total. The van der Waals surface area contributed by atoms with E-state index in [4.69, 9.17) is 9.47 Å². The number of para-hydroxylation sites is 2. The summed E-state index contributed by atoms with van der Waals surface area (Å²) in [6.45, 7) is 11.1. The number of quaternary nitrogens is 2. The molecule has 1 atom stereocenters. The highest BCUT2D eigenvalue weighted by molar-refractivity contribution is 5.39. The van der Waals surface area contributed by atoms with E-state index in [2.05, 4.69) is 20.9 Å². The second kappa shape index (κ2) is 8.25. The summed E-state index contributed by atoms with van der Waals surface area (Å²) in [7, 11) is 2.27. The van der Waals surface area contributed by atoms with Gasteiger partial charge in [0.25, 0.3) is 0 Å². The predicted molar refractivity (Wildman–Crippen MR) is 84.5 cm³/mol. The van der Waals surface area contributed by atoms with Crippen LogP contribution in [-0.2, 0) is 0 Å². The minimum atomic E-state index is 0.223. The van der Waals surface area contributed by atoms with Crippen LogP contribution in [0.2, 0.25) is 0 Å². The molecule has 1 aromatic rings. The largest absolute Gasteiger partial charge is 0.487 e. The van der Waals surface area contributed by atoms with E-state index in [0.29, 0.717) is 0 Å². The highest BCUT2D eigenvalue weighted by Crippen LogP contribution is 2.27. The van der Waals surface area contributed by atoms with Crippen LogP contribution in [0.5, 0.6) is 11.5 Å². The maximum absolute atomic E-state index is 5.96. The van der Waals surface area contributed by atoms with Crippen molar-refractivity contribution in [2.75, 3.05) is 46.4 Å². The van der Waals surface area contributed by atoms with Crippen molar-refractivity contribution in [3.8, 4) is 11.5 Å². The summed E-state index contributed by atoms with van der Waals surface area (Å²) in [5, 5.41) is 0. The van der Waals surface area contributed by atoms with Gasteiger partial charge in [0.2, 0.25) is 0 Å². The molecule has 0 bridgehead atoms. The van der Waals surface area contributed by atoms with Crippen LogP contribution in [-0.4, -0.2) is 52.5 Å². The molecule has 0 aliphatic carbocycles. The fourth-order valence-electron chi connectivity index (χ4n) is 2.55. The number of likely N-dealkylation sites (N-methyl/N-ethyl adjacent to an activating group) is 1. The lowest BCUT2D eigenvalue weighted by Gasteiger charge is -2.27. The van der Waals surface area contributed by atoms with E-state index < -0.39 is 0 Å². The molecule has 1 heterocycles. The number of nitrogens with one attached hydrogen (secondary N) is 2. The van der Waals surface area contributed by atoms with E-state index in [1.54, 1.807) is 9.80 Å². The van der Waals surface area contributed by atoms with E-state index in [0.717, 1.165) is 31.1 Å². The summed E-state index contributed by atoms with van der Waals surface area (Å²) in [6.07, 6.45) is 1.23. The van der Waals surface area contributed by atoms with Gasteiger partial charge in [-0.05, 0) is 25.5 Å². The molecule has 0 aromatic heterocycles. The van der Waals surface area contributed by atoms with Crippen molar-refractivity contribution >= 4 is 0 Å². The van der Waals surface area contributed by atoms with Crippen molar-refractivity contribution in [2.24, 2.45) is 0 Å². The van der Waals surface area contributed by atoms with Crippen molar-refractivity contribution in [2.45, 2.75) is 26.4 Å². The van der Waals surface area contributed by atoms with Crippen molar-refractivity contribution in [3.05, 3.63) is 24.3 Å². The zero-order chi connectivity index (χ0) is 15.1.